The Hall–Kier alpha value is -1.06. The molecule has 32 heavy (non-hydrogen) atoms. The van der Waals surface area contributed by atoms with E-state index in [0.29, 0.717) is 25.9 Å². The van der Waals surface area contributed by atoms with E-state index in [2.05, 4.69) is 24.5 Å². The van der Waals surface area contributed by atoms with Crippen molar-refractivity contribution in [2.24, 2.45) is 0 Å². The summed E-state index contributed by atoms with van der Waals surface area (Å²) in [6.07, 6.45) is 26.9. The van der Waals surface area contributed by atoms with Crippen LogP contribution in [0.3, 0.4) is 0 Å². The fraction of sp³-hybridized carbons (Fsp3) is 0.929. The zero-order valence-corrected chi connectivity index (χ0v) is 21.8. The molecule has 0 spiro atoms. The minimum atomic E-state index is 0.119. The molecule has 0 aromatic rings. The number of rotatable bonds is 25. The summed E-state index contributed by atoms with van der Waals surface area (Å²) in [5.41, 5.74) is 0. The minimum absolute atomic E-state index is 0.119. The summed E-state index contributed by atoms with van der Waals surface area (Å²) >= 11 is 0. The second-order valence-electron chi connectivity index (χ2n) is 9.56. The van der Waals surface area contributed by atoms with Crippen molar-refractivity contribution in [2.75, 3.05) is 13.1 Å². The molecule has 0 saturated carbocycles. The zero-order valence-electron chi connectivity index (χ0n) is 21.8. The van der Waals surface area contributed by atoms with Crippen molar-refractivity contribution in [1.82, 2.24) is 10.6 Å². The van der Waals surface area contributed by atoms with Crippen molar-refractivity contribution >= 4 is 11.8 Å². The Labute approximate surface area is 200 Å². The second kappa shape index (κ2) is 26.2. The van der Waals surface area contributed by atoms with E-state index in [9.17, 15) is 9.59 Å². The summed E-state index contributed by atoms with van der Waals surface area (Å²) < 4.78 is 0. The van der Waals surface area contributed by atoms with Crippen LogP contribution in [-0.2, 0) is 9.59 Å². The molecule has 0 atom stereocenters. The third-order valence-electron chi connectivity index (χ3n) is 6.28. The number of amides is 2. The number of hydrogen-bond donors (Lipinski definition) is 2. The van der Waals surface area contributed by atoms with Gasteiger partial charge in [-0.2, -0.15) is 0 Å². The van der Waals surface area contributed by atoms with Gasteiger partial charge in [-0.3, -0.25) is 9.59 Å². The number of nitrogens with one attached hydrogen (secondary N) is 2. The highest BCUT2D eigenvalue weighted by Crippen LogP contribution is 2.12. The van der Waals surface area contributed by atoms with Gasteiger partial charge in [0.1, 0.15) is 0 Å². The largest absolute Gasteiger partial charge is 0.354 e. The Bertz CT molecular complexity index is 374. The molecule has 0 bridgehead atoms. The van der Waals surface area contributed by atoms with Crippen molar-refractivity contribution < 1.29 is 9.59 Å². The van der Waals surface area contributed by atoms with E-state index >= 15 is 0 Å². The second-order valence-corrected chi connectivity index (χ2v) is 9.56. The lowest BCUT2D eigenvalue weighted by molar-refractivity contribution is -0.123. The molecule has 0 aromatic carbocycles. The Kier molecular flexibility index (Phi) is 25.3. The average Bonchev–Trinajstić information content (AvgIpc) is 2.79. The monoisotopic (exact) mass is 452 g/mol. The minimum Gasteiger partial charge on any atom is -0.354 e. The Morgan fingerprint density at radius 1 is 0.406 bits per heavy atom. The number of carbonyl (C=O) groups is 2. The number of carbonyl (C=O) groups excluding carboxylic acids is 2. The molecule has 0 aliphatic carbocycles. The molecular formula is C28H56N2O2. The first kappa shape index (κ1) is 30.9. The van der Waals surface area contributed by atoms with Gasteiger partial charge in [0.05, 0.1) is 0 Å². The summed E-state index contributed by atoms with van der Waals surface area (Å²) in [5.74, 6) is 0.238. The lowest BCUT2D eigenvalue weighted by Crippen LogP contribution is -2.34. The average molecular weight is 453 g/mol. The van der Waals surface area contributed by atoms with E-state index < -0.39 is 0 Å². The van der Waals surface area contributed by atoms with Gasteiger partial charge in [-0.25, -0.2) is 0 Å². The van der Waals surface area contributed by atoms with E-state index in [1.165, 1.54) is 103 Å². The lowest BCUT2D eigenvalue weighted by atomic mass is 10.1. The fourth-order valence-corrected chi connectivity index (χ4v) is 4.13. The van der Waals surface area contributed by atoms with Crippen LogP contribution in [0.25, 0.3) is 0 Å². The van der Waals surface area contributed by atoms with Crippen LogP contribution < -0.4 is 10.6 Å². The van der Waals surface area contributed by atoms with Crippen molar-refractivity contribution in [3.63, 3.8) is 0 Å². The number of unbranched alkanes of at least 4 members (excludes halogenated alkanes) is 18. The molecule has 2 N–H and O–H groups in total. The van der Waals surface area contributed by atoms with Gasteiger partial charge >= 0.3 is 0 Å². The third kappa shape index (κ3) is 25.2. The molecule has 0 unspecified atom stereocenters. The van der Waals surface area contributed by atoms with Crippen molar-refractivity contribution in [3.05, 3.63) is 0 Å². The fourth-order valence-electron chi connectivity index (χ4n) is 4.13. The Morgan fingerprint density at radius 2 is 0.656 bits per heavy atom. The maximum absolute atomic E-state index is 11.9. The summed E-state index contributed by atoms with van der Waals surface area (Å²) in [5, 5.41) is 5.85. The highest BCUT2D eigenvalue weighted by atomic mass is 16.2. The molecule has 0 aliphatic rings. The lowest BCUT2D eigenvalue weighted by Gasteiger charge is -2.07. The van der Waals surface area contributed by atoms with Gasteiger partial charge in [0.25, 0.3) is 0 Å². The normalized spacial score (nSPS) is 10.9. The molecule has 0 aliphatic heterocycles. The van der Waals surface area contributed by atoms with E-state index in [4.69, 9.17) is 0 Å². The molecular weight excluding hydrogens is 396 g/mol. The molecule has 0 rings (SSSR count). The van der Waals surface area contributed by atoms with Crippen LogP contribution in [0.4, 0.5) is 0 Å². The molecule has 190 valence electrons. The Balaban J connectivity index is 3.29. The highest BCUT2D eigenvalue weighted by molar-refractivity contribution is 5.77. The standard InChI is InChI=1S/C28H56N2O2/c1-3-5-7-9-11-13-15-17-19-21-23-27(31)29-25-26-30-28(32)24-22-20-18-16-14-12-10-8-6-4-2/h3-26H2,1-2H3,(H,29,31)(H,30,32). The number of hydrogen-bond acceptors (Lipinski definition) is 2. The van der Waals surface area contributed by atoms with Gasteiger partial charge in [0.2, 0.25) is 11.8 Å². The predicted molar refractivity (Wildman–Crippen MR) is 139 cm³/mol. The van der Waals surface area contributed by atoms with Gasteiger partial charge in [0.15, 0.2) is 0 Å². The summed E-state index contributed by atoms with van der Waals surface area (Å²) in [4.78, 5) is 23.7. The first-order chi connectivity index (χ1) is 15.7. The highest BCUT2D eigenvalue weighted by Gasteiger charge is 2.03. The molecule has 0 heterocycles. The van der Waals surface area contributed by atoms with Crippen molar-refractivity contribution in [2.45, 2.75) is 155 Å². The van der Waals surface area contributed by atoms with Gasteiger partial charge in [-0.1, -0.05) is 129 Å². The summed E-state index contributed by atoms with van der Waals surface area (Å²) in [7, 11) is 0. The Morgan fingerprint density at radius 3 is 0.938 bits per heavy atom. The third-order valence-corrected chi connectivity index (χ3v) is 6.28. The van der Waals surface area contributed by atoms with Crippen LogP contribution in [0, 0.1) is 0 Å². The van der Waals surface area contributed by atoms with Gasteiger partial charge in [-0.05, 0) is 12.8 Å². The van der Waals surface area contributed by atoms with Crippen LogP contribution in [0.15, 0.2) is 0 Å². The van der Waals surface area contributed by atoms with Crippen LogP contribution in [0.5, 0.6) is 0 Å². The van der Waals surface area contributed by atoms with E-state index in [0.717, 1.165) is 25.7 Å². The predicted octanol–water partition coefficient (Wildman–Crippen LogP) is 7.84. The maximum Gasteiger partial charge on any atom is 0.220 e. The van der Waals surface area contributed by atoms with Crippen LogP contribution in [0.1, 0.15) is 155 Å². The van der Waals surface area contributed by atoms with Crippen molar-refractivity contribution in [1.29, 1.82) is 0 Å². The molecule has 0 fully saturated rings. The first-order valence-electron chi connectivity index (χ1n) is 14.2. The topological polar surface area (TPSA) is 58.2 Å². The van der Waals surface area contributed by atoms with E-state index in [1.807, 2.05) is 0 Å². The van der Waals surface area contributed by atoms with Crippen molar-refractivity contribution in [3.8, 4) is 0 Å². The van der Waals surface area contributed by atoms with Gasteiger partial charge < -0.3 is 10.6 Å². The summed E-state index contributed by atoms with van der Waals surface area (Å²) in [6, 6.07) is 0. The quantitative estimate of drug-likeness (QED) is 0.139. The molecule has 2 amide bonds. The van der Waals surface area contributed by atoms with Crippen LogP contribution >= 0.6 is 0 Å². The zero-order chi connectivity index (χ0) is 23.5. The maximum atomic E-state index is 11.9. The summed E-state index contributed by atoms with van der Waals surface area (Å²) in [6.45, 7) is 5.60. The van der Waals surface area contributed by atoms with Crippen LogP contribution in [0.2, 0.25) is 0 Å². The van der Waals surface area contributed by atoms with Crippen LogP contribution in [-0.4, -0.2) is 24.9 Å². The molecule has 4 heteroatoms. The first-order valence-corrected chi connectivity index (χ1v) is 14.2. The smallest absolute Gasteiger partial charge is 0.220 e. The van der Waals surface area contributed by atoms with Gasteiger partial charge in [0, 0.05) is 25.9 Å². The molecule has 4 nitrogen and oxygen atoms in total. The molecule has 0 radical (unpaired) electrons. The van der Waals surface area contributed by atoms with E-state index in [-0.39, 0.29) is 11.8 Å². The molecule has 0 saturated heterocycles. The van der Waals surface area contributed by atoms with Gasteiger partial charge in [-0.15, -0.1) is 0 Å². The SMILES string of the molecule is CCCCCCCCCCCCC(=O)NCCNC(=O)CCCCCCCCCCCC. The van der Waals surface area contributed by atoms with E-state index in [1.54, 1.807) is 0 Å². The molecule has 0 aromatic heterocycles.